The minimum Gasteiger partial charge on any atom is -0.489 e. The summed E-state index contributed by atoms with van der Waals surface area (Å²) in [6, 6.07) is 22.3. The van der Waals surface area contributed by atoms with E-state index in [2.05, 4.69) is 32.1 Å². The minimum atomic E-state index is -0.218. The topological polar surface area (TPSA) is 80.3 Å². The molecule has 0 aliphatic carbocycles. The SMILES string of the molecule is CCc1nc2ccc(Br)cc2c(=O)n1N=Cc1cccc(OCc2ccccc2C#N)c1. The van der Waals surface area contributed by atoms with E-state index in [0.717, 1.165) is 15.6 Å². The summed E-state index contributed by atoms with van der Waals surface area (Å²) in [4.78, 5) is 17.6. The first kappa shape index (κ1) is 21.5. The lowest BCUT2D eigenvalue weighted by atomic mass is 10.1. The highest BCUT2D eigenvalue weighted by molar-refractivity contribution is 9.10. The summed E-state index contributed by atoms with van der Waals surface area (Å²) in [7, 11) is 0. The molecule has 0 unspecified atom stereocenters. The fourth-order valence-electron chi connectivity index (χ4n) is 3.27. The smallest absolute Gasteiger partial charge is 0.282 e. The summed E-state index contributed by atoms with van der Waals surface area (Å²) in [5.41, 5.74) is 2.62. The van der Waals surface area contributed by atoms with Crippen LogP contribution in [0.25, 0.3) is 10.9 Å². The van der Waals surface area contributed by atoms with E-state index in [1.807, 2.05) is 61.5 Å². The van der Waals surface area contributed by atoms with Crippen molar-refractivity contribution in [1.82, 2.24) is 9.66 Å². The normalized spacial score (nSPS) is 11.0. The van der Waals surface area contributed by atoms with E-state index in [1.54, 1.807) is 18.3 Å². The van der Waals surface area contributed by atoms with E-state index >= 15 is 0 Å². The minimum absolute atomic E-state index is 0.218. The van der Waals surface area contributed by atoms with Gasteiger partial charge in [-0.05, 0) is 42.0 Å². The van der Waals surface area contributed by atoms with E-state index in [1.165, 1.54) is 4.68 Å². The van der Waals surface area contributed by atoms with Crippen molar-refractivity contribution in [3.05, 3.63) is 104 Å². The number of aryl methyl sites for hydroxylation is 1. The zero-order valence-electron chi connectivity index (χ0n) is 17.3. The number of hydrogen-bond acceptors (Lipinski definition) is 5. The van der Waals surface area contributed by atoms with Crippen LogP contribution in [0.4, 0.5) is 0 Å². The molecule has 0 N–H and O–H groups in total. The second-order valence-corrected chi connectivity index (χ2v) is 7.95. The summed E-state index contributed by atoms with van der Waals surface area (Å²) in [6.45, 7) is 2.22. The van der Waals surface area contributed by atoms with Crippen molar-refractivity contribution < 1.29 is 4.74 Å². The maximum Gasteiger partial charge on any atom is 0.282 e. The lowest BCUT2D eigenvalue weighted by Crippen LogP contribution is -2.22. The van der Waals surface area contributed by atoms with Gasteiger partial charge in [0.25, 0.3) is 5.56 Å². The molecule has 0 saturated heterocycles. The van der Waals surface area contributed by atoms with E-state index in [0.29, 0.717) is 34.5 Å². The van der Waals surface area contributed by atoms with Gasteiger partial charge in [-0.15, -0.1) is 0 Å². The number of aromatic nitrogens is 2. The molecule has 0 amide bonds. The van der Waals surface area contributed by atoms with Gasteiger partial charge in [-0.3, -0.25) is 4.79 Å². The Hall–Kier alpha value is -3.76. The quantitative estimate of drug-likeness (QED) is 0.357. The number of rotatable bonds is 6. The van der Waals surface area contributed by atoms with Gasteiger partial charge in [0.2, 0.25) is 0 Å². The molecule has 0 saturated carbocycles. The molecule has 4 aromatic rings. The predicted octanol–water partition coefficient (Wildman–Crippen LogP) is 5.05. The summed E-state index contributed by atoms with van der Waals surface area (Å²) in [6.07, 6.45) is 2.18. The molecule has 0 atom stereocenters. The summed E-state index contributed by atoms with van der Waals surface area (Å²) >= 11 is 3.40. The Bertz CT molecular complexity index is 1420. The molecular formula is C25H19BrN4O2. The number of nitriles is 1. The van der Waals surface area contributed by atoms with Crippen molar-refractivity contribution in [3.8, 4) is 11.8 Å². The highest BCUT2D eigenvalue weighted by Crippen LogP contribution is 2.18. The van der Waals surface area contributed by atoms with Crippen LogP contribution in [-0.4, -0.2) is 15.9 Å². The van der Waals surface area contributed by atoms with Gasteiger partial charge in [0.05, 0.1) is 28.8 Å². The van der Waals surface area contributed by atoms with Crippen LogP contribution < -0.4 is 10.3 Å². The monoisotopic (exact) mass is 486 g/mol. The summed E-state index contributed by atoms with van der Waals surface area (Å²) in [5, 5.41) is 14.1. The van der Waals surface area contributed by atoms with Crippen LogP contribution in [0.15, 0.2) is 81.1 Å². The van der Waals surface area contributed by atoms with Crippen molar-refractivity contribution in [1.29, 1.82) is 5.26 Å². The van der Waals surface area contributed by atoms with Crippen molar-refractivity contribution >= 4 is 33.0 Å². The number of fused-ring (bicyclic) bond motifs is 1. The molecule has 1 heterocycles. The van der Waals surface area contributed by atoms with Crippen LogP contribution in [0.5, 0.6) is 5.75 Å². The van der Waals surface area contributed by atoms with Crippen LogP contribution in [-0.2, 0) is 13.0 Å². The second kappa shape index (κ2) is 9.58. The molecule has 32 heavy (non-hydrogen) atoms. The largest absolute Gasteiger partial charge is 0.489 e. The molecule has 0 fully saturated rings. The molecule has 158 valence electrons. The number of benzene rings is 3. The third-order valence-electron chi connectivity index (χ3n) is 4.90. The van der Waals surface area contributed by atoms with Crippen LogP contribution >= 0.6 is 15.9 Å². The van der Waals surface area contributed by atoms with Crippen LogP contribution in [0.2, 0.25) is 0 Å². The Kier molecular flexibility index (Phi) is 6.43. The van der Waals surface area contributed by atoms with Crippen molar-refractivity contribution in [3.63, 3.8) is 0 Å². The molecule has 7 heteroatoms. The Morgan fingerprint density at radius 2 is 2.00 bits per heavy atom. The third-order valence-corrected chi connectivity index (χ3v) is 5.40. The van der Waals surface area contributed by atoms with Crippen molar-refractivity contribution in [2.24, 2.45) is 5.10 Å². The van der Waals surface area contributed by atoms with Gasteiger partial charge >= 0.3 is 0 Å². The summed E-state index contributed by atoms with van der Waals surface area (Å²) < 4.78 is 8.02. The van der Waals surface area contributed by atoms with Gasteiger partial charge in [0.1, 0.15) is 18.2 Å². The Morgan fingerprint density at radius 3 is 2.81 bits per heavy atom. The molecule has 0 radical (unpaired) electrons. The number of hydrogen-bond donors (Lipinski definition) is 0. The first-order chi connectivity index (χ1) is 15.6. The second-order valence-electron chi connectivity index (χ2n) is 7.03. The predicted molar refractivity (Wildman–Crippen MR) is 128 cm³/mol. The van der Waals surface area contributed by atoms with Gasteiger partial charge in [0.15, 0.2) is 0 Å². The van der Waals surface area contributed by atoms with Gasteiger partial charge in [0, 0.05) is 16.5 Å². The van der Waals surface area contributed by atoms with Gasteiger partial charge < -0.3 is 4.74 Å². The lowest BCUT2D eigenvalue weighted by molar-refractivity contribution is 0.306. The number of nitrogens with zero attached hydrogens (tertiary/aromatic N) is 4. The van der Waals surface area contributed by atoms with E-state index in [-0.39, 0.29) is 12.2 Å². The third kappa shape index (κ3) is 4.61. The highest BCUT2D eigenvalue weighted by Gasteiger charge is 2.10. The molecule has 0 bridgehead atoms. The van der Waals surface area contributed by atoms with Gasteiger partial charge in [-0.25, -0.2) is 4.98 Å². The molecule has 1 aromatic heterocycles. The Morgan fingerprint density at radius 1 is 1.16 bits per heavy atom. The molecular weight excluding hydrogens is 468 g/mol. The molecule has 4 rings (SSSR count). The van der Waals surface area contributed by atoms with Crippen molar-refractivity contribution in [2.45, 2.75) is 20.0 Å². The van der Waals surface area contributed by atoms with E-state index in [9.17, 15) is 10.1 Å². The van der Waals surface area contributed by atoms with Crippen LogP contribution in [0.1, 0.15) is 29.4 Å². The van der Waals surface area contributed by atoms with Crippen LogP contribution in [0.3, 0.4) is 0 Å². The Balaban J connectivity index is 1.60. The van der Waals surface area contributed by atoms with Crippen LogP contribution in [0, 0.1) is 11.3 Å². The maximum atomic E-state index is 13.0. The average molecular weight is 487 g/mol. The molecule has 0 aliphatic heterocycles. The maximum absolute atomic E-state index is 13.0. The summed E-state index contributed by atoms with van der Waals surface area (Å²) in [5.74, 6) is 1.23. The fraction of sp³-hybridized carbons (Fsp3) is 0.120. The number of ether oxygens (including phenoxy) is 1. The van der Waals surface area contributed by atoms with Gasteiger partial charge in [-0.1, -0.05) is 53.2 Å². The van der Waals surface area contributed by atoms with Gasteiger partial charge in [-0.2, -0.15) is 15.0 Å². The zero-order valence-corrected chi connectivity index (χ0v) is 18.9. The lowest BCUT2D eigenvalue weighted by Gasteiger charge is -2.09. The number of halogens is 1. The Labute approximate surface area is 193 Å². The molecule has 6 nitrogen and oxygen atoms in total. The average Bonchev–Trinajstić information content (AvgIpc) is 2.82. The van der Waals surface area contributed by atoms with Crippen molar-refractivity contribution in [2.75, 3.05) is 0 Å². The standard InChI is InChI=1S/C25H19BrN4O2/c1-2-24-29-23-11-10-20(26)13-22(23)25(31)30(24)28-15-17-6-5-9-21(12-17)32-16-19-8-4-3-7-18(19)14-27/h3-13,15H,2,16H2,1H3. The first-order valence-corrected chi connectivity index (χ1v) is 10.8. The first-order valence-electron chi connectivity index (χ1n) is 10.1. The highest BCUT2D eigenvalue weighted by atomic mass is 79.9. The molecule has 3 aromatic carbocycles. The molecule has 0 aliphatic rings. The van der Waals surface area contributed by atoms with E-state index in [4.69, 9.17) is 4.74 Å². The fourth-order valence-corrected chi connectivity index (χ4v) is 3.63. The van der Waals surface area contributed by atoms with E-state index < -0.39 is 0 Å². The zero-order chi connectivity index (χ0) is 22.5. The molecule has 0 spiro atoms.